The van der Waals surface area contributed by atoms with Crippen molar-refractivity contribution in [3.63, 3.8) is 0 Å². The molecule has 1 atom stereocenters. The number of benzene rings is 1. The summed E-state index contributed by atoms with van der Waals surface area (Å²) in [6.07, 6.45) is 0.794. The number of tetrazole rings is 1. The summed E-state index contributed by atoms with van der Waals surface area (Å²) in [6, 6.07) is 6.97. The van der Waals surface area contributed by atoms with Gasteiger partial charge in [0.15, 0.2) is 0 Å². The molecule has 1 aliphatic rings. The number of hydrogen-bond acceptors (Lipinski definition) is 6. The van der Waals surface area contributed by atoms with E-state index >= 15 is 0 Å². The van der Waals surface area contributed by atoms with E-state index in [9.17, 15) is 8.42 Å². The highest BCUT2D eigenvalue weighted by atomic mass is 32.2. The van der Waals surface area contributed by atoms with Gasteiger partial charge in [0.1, 0.15) is 0 Å². The van der Waals surface area contributed by atoms with Crippen LogP contribution in [-0.2, 0) is 17.1 Å². The quantitative estimate of drug-likeness (QED) is 0.829. The van der Waals surface area contributed by atoms with Gasteiger partial charge in [0.25, 0.3) is 0 Å². The van der Waals surface area contributed by atoms with Gasteiger partial charge >= 0.3 is 0 Å². The Bertz CT molecular complexity index is 757. The minimum absolute atomic E-state index is 0.171. The molecule has 0 amide bonds. The molecular weight excluding hydrogens is 322 g/mol. The van der Waals surface area contributed by atoms with E-state index in [1.165, 1.54) is 11.8 Å². The fourth-order valence-electron chi connectivity index (χ4n) is 2.34. The van der Waals surface area contributed by atoms with E-state index in [1.807, 2.05) is 19.1 Å². The van der Waals surface area contributed by atoms with E-state index in [0.29, 0.717) is 23.1 Å². The molecule has 1 unspecified atom stereocenters. The van der Waals surface area contributed by atoms with Gasteiger partial charge in [-0.3, -0.25) is 0 Å². The number of thioether (sulfide) groups is 1. The summed E-state index contributed by atoms with van der Waals surface area (Å²) >= 11 is 1.52. The maximum atomic E-state index is 12.6. The standard InChI is InChI=1S/C13H17N5O2S2/c1-10-3-5-12(6-4-10)22(19,20)18-8-7-11(9-18)21-13-14-15-16-17(13)2/h3-6,11H,7-9H2,1-2H3. The first-order valence-electron chi connectivity index (χ1n) is 6.92. The highest BCUT2D eigenvalue weighted by Crippen LogP contribution is 2.30. The molecule has 22 heavy (non-hydrogen) atoms. The second-order valence-corrected chi connectivity index (χ2v) is 8.50. The fraction of sp³-hybridized carbons (Fsp3) is 0.462. The van der Waals surface area contributed by atoms with Crippen LogP contribution < -0.4 is 0 Å². The van der Waals surface area contributed by atoms with Crippen LogP contribution in [0.2, 0.25) is 0 Å². The molecule has 1 aromatic heterocycles. The second-order valence-electron chi connectivity index (χ2n) is 5.29. The van der Waals surface area contributed by atoms with Gasteiger partial charge in [0.05, 0.1) is 4.90 Å². The summed E-state index contributed by atoms with van der Waals surface area (Å²) in [5.74, 6) is 0. The number of rotatable bonds is 4. The first kappa shape index (κ1) is 15.4. The van der Waals surface area contributed by atoms with Crippen LogP contribution in [0, 0.1) is 6.92 Å². The number of aryl methyl sites for hydroxylation is 2. The molecular formula is C13H17N5O2S2. The molecule has 0 spiro atoms. The first-order valence-corrected chi connectivity index (χ1v) is 9.24. The Labute approximate surface area is 133 Å². The van der Waals surface area contributed by atoms with Crippen molar-refractivity contribution in [1.29, 1.82) is 0 Å². The van der Waals surface area contributed by atoms with Gasteiger partial charge in [-0.15, -0.1) is 5.10 Å². The third kappa shape index (κ3) is 3.01. The van der Waals surface area contributed by atoms with Crippen molar-refractivity contribution in [2.75, 3.05) is 13.1 Å². The summed E-state index contributed by atoms with van der Waals surface area (Å²) in [4.78, 5) is 0.351. The Kier molecular flexibility index (Phi) is 4.20. The topological polar surface area (TPSA) is 81.0 Å². The van der Waals surface area contributed by atoms with Crippen molar-refractivity contribution < 1.29 is 8.42 Å². The lowest BCUT2D eigenvalue weighted by Crippen LogP contribution is -2.29. The SMILES string of the molecule is Cc1ccc(S(=O)(=O)N2CCC(Sc3nnnn3C)C2)cc1. The predicted octanol–water partition coefficient (Wildman–Crippen LogP) is 1.07. The van der Waals surface area contributed by atoms with Crippen LogP contribution in [0.15, 0.2) is 34.3 Å². The van der Waals surface area contributed by atoms with Crippen molar-refractivity contribution in [1.82, 2.24) is 24.5 Å². The van der Waals surface area contributed by atoms with Crippen LogP contribution in [0.3, 0.4) is 0 Å². The highest BCUT2D eigenvalue weighted by Gasteiger charge is 2.33. The average molecular weight is 339 g/mol. The van der Waals surface area contributed by atoms with E-state index in [4.69, 9.17) is 0 Å². The van der Waals surface area contributed by atoms with Crippen LogP contribution in [0.5, 0.6) is 0 Å². The van der Waals surface area contributed by atoms with Crippen LogP contribution in [-0.4, -0.2) is 51.3 Å². The van der Waals surface area contributed by atoms with Crippen molar-refractivity contribution in [2.24, 2.45) is 7.05 Å². The summed E-state index contributed by atoms with van der Waals surface area (Å²) in [6.45, 7) is 2.95. The third-order valence-corrected chi connectivity index (χ3v) is 6.77. The molecule has 3 rings (SSSR count). The van der Waals surface area contributed by atoms with Crippen LogP contribution in [0.1, 0.15) is 12.0 Å². The third-order valence-electron chi connectivity index (χ3n) is 3.62. The summed E-state index contributed by atoms with van der Waals surface area (Å²) < 4.78 is 28.4. The van der Waals surface area contributed by atoms with Gasteiger partial charge in [0.2, 0.25) is 15.2 Å². The molecule has 2 aromatic rings. The molecule has 9 heteroatoms. The van der Waals surface area contributed by atoms with E-state index in [2.05, 4.69) is 15.5 Å². The number of hydrogen-bond donors (Lipinski definition) is 0. The molecule has 0 bridgehead atoms. The lowest BCUT2D eigenvalue weighted by molar-refractivity contribution is 0.478. The van der Waals surface area contributed by atoms with E-state index < -0.39 is 10.0 Å². The van der Waals surface area contributed by atoms with Crippen LogP contribution >= 0.6 is 11.8 Å². The maximum Gasteiger partial charge on any atom is 0.243 e. The molecule has 7 nitrogen and oxygen atoms in total. The van der Waals surface area contributed by atoms with Gasteiger partial charge in [-0.05, 0) is 35.9 Å². The molecule has 1 saturated heterocycles. The lowest BCUT2D eigenvalue weighted by atomic mass is 10.2. The molecule has 1 aromatic carbocycles. The summed E-state index contributed by atoms with van der Waals surface area (Å²) in [5, 5.41) is 12.2. The van der Waals surface area contributed by atoms with E-state index in [-0.39, 0.29) is 5.25 Å². The average Bonchev–Trinajstić information content (AvgIpc) is 3.10. The van der Waals surface area contributed by atoms with E-state index in [0.717, 1.165) is 12.0 Å². The van der Waals surface area contributed by atoms with Gasteiger partial charge in [-0.2, -0.15) is 4.31 Å². The Hall–Kier alpha value is -1.45. The van der Waals surface area contributed by atoms with Gasteiger partial charge < -0.3 is 0 Å². The fourth-order valence-corrected chi connectivity index (χ4v) is 4.98. The maximum absolute atomic E-state index is 12.6. The van der Waals surface area contributed by atoms with Crippen LogP contribution in [0.4, 0.5) is 0 Å². The Morgan fingerprint density at radius 1 is 1.27 bits per heavy atom. The van der Waals surface area contributed by atoms with Gasteiger partial charge in [-0.25, -0.2) is 13.1 Å². The summed E-state index contributed by atoms with van der Waals surface area (Å²) in [5.41, 5.74) is 1.04. The Balaban J connectivity index is 1.71. The number of nitrogens with zero attached hydrogens (tertiary/aromatic N) is 5. The molecule has 118 valence electrons. The monoisotopic (exact) mass is 339 g/mol. The lowest BCUT2D eigenvalue weighted by Gasteiger charge is -2.16. The zero-order valence-electron chi connectivity index (χ0n) is 12.4. The first-order chi connectivity index (χ1) is 10.5. The zero-order valence-corrected chi connectivity index (χ0v) is 14.0. The Morgan fingerprint density at radius 3 is 2.64 bits per heavy atom. The van der Waals surface area contributed by atoms with Crippen molar-refractivity contribution in [2.45, 2.75) is 28.6 Å². The van der Waals surface area contributed by atoms with E-state index in [1.54, 1.807) is 28.2 Å². The summed E-state index contributed by atoms with van der Waals surface area (Å²) in [7, 11) is -1.64. The minimum atomic E-state index is -3.42. The number of sulfonamides is 1. The smallest absolute Gasteiger partial charge is 0.224 e. The molecule has 1 aliphatic heterocycles. The molecule has 0 aliphatic carbocycles. The van der Waals surface area contributed by atoms with Crippen LogP contribution in [0.25, 0.3) is 0 Å². The molecule has 1 fully saturated rings. The largest absolute Gasteiger partial charge is 0.243 e. The number of aromatic nitrogens is 4. The molecule has 2 heterocycles. The zero-order chi connectivity index (χ0) is 15.7. The van der Waals surface area contributed by atoms with Crippen molar-refractivity contribution in [3.8, 4) is 0 Å². The molecule has 0 N–H and O–H groups in total. The minimum Gasteiger partial charge on any atom is -0.224 e. The molecule has 0 radical (unpaired) electrons. The predicted molar refractivity (Wildman–Crippen MR) is 83.0 cm³/mol. The van der Waals surface area contributed by atoms with Gasteiger partial charge in [0, 0.05) is 25.4 Å². The normalized spacial score (nSPS) is 19.6. The Morgan fingerprint density at radius 2 is 2.00 bits per heavy atom. The highest BCUT2D eigenvalue weighted by molar-refractivity contribution is 7.99. The van der Waals surface area contributed by atoms with Gasteiger partial charge in [-0.1, -0.05) is 29.5 Å². The molecule has 0 saturated carbocycles. The van der Waals surface area contributed by atoms with Crippen molar-refractivity contribution in [3.05, 3.63) is 29.8 Å². The second kappa shape index (κ2) is 5.98. The van der Waals surface area contributed by atoms with Crippen molar-refractivity contribution >= 4 is 21.8 Å².